The maximum absolute atomic E-state index is 13.1. The van der Waals surface area contributed by atoms with Crippen molar-refractivity contribution in [2.24, 2.45) is 0 Å². The molecule has 1 atom stereocenters. The number of nitrogens with zero attached hydrogens (tertiary/aromatic N) is 1. The Balaban J connectivity index is 2.23. The first-order valence-electron chi connectivity index (χ1n) is 10.1. The van der Waals surface area contributed by atoms with E-state index in [4.69, 9.17) is 27.9 Å². The SMILES string of the molecule is Cc1cc(OCC(=O)N(Cc2ccccc2Cl)C(C)C(=O)NC(C)(C)C)cc(C)c1Cl. The van der Waals surface area contributed by atoms with Gasteiger partial charge in [-0.05, 0) is 76.4 Å². The number of hydrogen-bond acceptors (Lipinski definition) is 3. The summed E-state index contributed by atoms with van der Waals surface area (Å²) in [6.07, 6.45) is 0. The maximum Gasteiger partial charge on any atom is 0.261 e. The number of halogens is 2. The molecule has 0 heterocycles. The first kappa shape index (κ1) is 25.0. The van der Waals surface area contributed by atoms with Gasteiger partial charge >= 0.3 is 0 Å². The Kier molecular flexibility index (Phi) is 8.38. The van der Waals surface area contributed by atoms with Crippen LogP contribution in [0.4, 0.5) is 0 Å². The lowest BCUT2D eigenvalue weighted by Gasteiger charge is -2.31. The molecule has 2 amide bonds. The van der Waals surface area contributed by atoms with Crippen LogP contribution in [0.1, 0.15) is 44.4 Å². The molecule has 0 aliphatic carbocycles. The van der Waals surface area contributed by atoms with E-state index in [1.807, 2.05) is 52.8 Å². The first-order valence-corrected chi connectivity index (χ1v) is 10.9. The van der Waals surface area contributed by atoms with Gasteiger partial charge in [0.05, 0.1) is 0 Å². The van der Waals surface area contributed by atoms with Crippen LogP contribution in [-0.4, -0.2) is 34.9 Å². The van der Waals surface area contributed by atoms with Crippen LogP contribution in [0.3, 0.4) is 0 Å². The van der Waals surface area contributed by atoms with Gasteiger partial charge in [-0.3, -0.25) is 9.59 Å². The fraction of sp³-hybridized carbons (Fsp3) is 0.417. The standard InChI is InChI=1S/C24H30Cl2N2O3/c1-15-11-19(12-16(2)22(15)26)31-14-21(29)28(13-18-9-7-8-10-20(18)25)17(3)23(30)27-24(4,5)6/h7-12,17H,13-14H2,1-6H3,(H,27,30). The summed E-state index contributed by atoms with van der Waals surface area (Å²) in [6.45, 7) is 11.1. The molecule has 0 fully saturated rings. The Hall–Kier alpha value is -2.24. The fourth-order valence-electron chi connectivity index (χ4n) is 3.08. The van der Waals surface area contributed by atoms with Gasteiger partial charge in [0.2, 0.25) is 5.91 Å². The number of carbonyl (C=O) groups excluding carboxylic acids is 2. The van der Waals surface area contributed by atoms with Gasteiger partial charge in [0.1, 0.15) is 11.8 Å². The van der Waals surface area contributed by atoms with Crippen molar-refractivity contribution >= 4 is 35.0 Å². The predicted octanol–water partition coefficient (Wildman–Crippen LogP) is 5.32. The summed E-state index contributed by atoms with van der Waals surface area (Å²) in [6, 6.07) is 10.1. The highest BCUT2D eigenvalue weighted by atomic mass is 35.5. The van der Waals surface area contributed by atoms with Gasteiger partial charge in [-0.15, -0.1) is 0 Å². The van der Waals surface area contributed by atoms with Crippen molar-refractivity contribution in [1.82, 2.24) is 10.2 Å². The van der Waals surface area contributed by atoms with Crippen molar-refractivity contribution in [2.75, 3.05) is 6.61 Å². The minimum atomic E-state index is -0.708. The smallest absolute Gasteiger partial charge is 0.261 e. The van der Waals surface area contributed by atoms with E-state index in [9.17, 15) is 9.59 Å². The zero-order valence-electron chi connectivity index (χ0n) is 18.9. The van der Waals surface area contributed by atoms with E-state index >= 15 is 0 Å². The molecule has 31 heavy (non-hydrogen) atoms. The van der Waals surface area contributed by atoms with Gasteiger partial charge in [-0.2, -0.15) is 0 Å². The molecule has 0 aliphatic heterocycles. The molecule has 7 heteroatoms. The summed E-state index contributed by atoms with van der Waals surface area (Å²) >= 11 is 12.5. The van der Waals surface area contributed by atoms with Crippen LogP contribution < -0.4 is 10.1 Å². The molecule has 2 rings (SSSR count). The van der Waals surface area contributed by atoms with Gasteiger partial charge in [-0.1, -0.05) is 41.4 Å². The lowest BCUT2D eigenvalue weighted by Crippen LogP contribution is -2.53. The lowest BCUT2D eigenvalue weighted by molar-refractivity contribution is -0.142. The fourth-order valence-corrected chi connectivity index (χ4v) is 3.39. The van der Waals surface area contributed by atoms with E-state index in [2.05, 4.69) is 5.32 Å². The highest BCUT2D eigenvalue weighted by Gasteiger charge is 2.29. The van der Waals surface area contributed by atoms with E-state index in [1.54, 1.807) is 25.1 Å². The second-order valence-corrected chi connectivity index (χ2v) is 9.47. The molecular weight excluding hydrogens is 435 g/mol. The molecule has 0 radical (unpaired) electrons. The summed E-state index contributed by atoms with van der Waals surface area (Å²) in [5.41, 5.74) is 2.08. The number of carbonyl (C=O) groups is 2. The molecule has 168 valence electrons. The van der Waals surface area contributed by atoms with Crippen molar-refractivity contribution in [3.05, 3.63) is 63.1 Å². The first-order chi connectivity index (χ1) is 14.4. The molecule has 5 nitrogen and oxygen atoms in total. The van der Waals surface area contributed by atoms with Gasteiger partial charge in [0.15, 0.2) is 6.61 Å². The topological polar surface area (TPSA) is 58.6 Å². The Bertz CT molecular complexity index is 931. The molecule has 2 aromatic carbocycles. The third-order valence-corrected chi connectivity index (χ3v) is 5.70. The number of ether oxygens (including phenoxy) is 1. The molecule has 0 saturated heterocycles. The molecule has 0 bridgehead atoms. The Morgan fingerprint density at radius 2 is 1.68 bits per heavy atom. The zero-order valence-corrected chi connectivity index (χ0v) is 20.4. The lowest BCUT2D eigenvalue weighted by atomic mass is 10.1. The van der Waals surface area contributed by atoms with E-state index in [0.717, 1.165) is 16.7 Å². The number of amides is 2. The minimum Gasteiger partial charge on any atom is -0.484 e. The molecule has 0 saturated carbocycles. The number of rotatable bonds is 7. The van der Waals surface area contributed by atoms with Crippen molar-refractivity contribution in [2.45, 2.75) is 59.7 Å². The minimum absolute atomic E-state index is 0.194. The van der Waals surface area contributed by atoms with Crippen molar-refractivity contribution in [3.63, 3.8) is 0 Å². The van der Waals surface area contributed by atoms with Crippen LogP contribution in [0.25, 0.3) is 0 Å². The Labute approximate surface area is 194 Å². The van der Waals surface area contributed by atoms with Crippen LogP contribution in [0.5, 0.6) is 5.75 Å². The summed E-state index contributed by atoms with van der Waals surface area (Å²) in [4.78, 5) is 27.4. The average Bonchev–Trinajstić information content (AvgIpc) is 2.67. The quantitative estimate of drug-likeness (QED) is 0.602. The second-order valence-electron chi connectivity index (χ2n) is 8.69. The van der Waals surface area contributed by atoms with Crippen molar-refractivity contribution < 1.29 is 14.3 Å². The molecule has 0 spiro atoms. The monoisotopic (exact) mass is 464 g/mol. The number of nitrogens with one attached hydrogen (secondary N) is 1. The summed E-state index contributed by atoms with van der Waals surface area (Å²) in [5.74, 6) is -0.00920. The van der Waals surface area contributed by atoms with Gasteiger partial charge < -0.3 is 15.0 Å². The number of aryl methyl sites for hydroxylation is 2. The highest BCUT2D eigenvalue weighted by molar-refractivity contribution is 6.32. The Morgan fingerprint density at radius 1 is 1.10 bits per heavy atom. The molecule has 2 aromatic rings. The van der Waals surface area contributed by atoms with Crippen LogP contribution in [-0.2, 0) is 16.1 Å². The van der Waals surface area contributed by atoms with Crippen LogP contribution in [0, 0.1) is 13.8 Å². The van der Waals surface area contributed by atoms with Gasteiger partial charge in [-0.25, -0.2) is 0 Å². The molecular formula is C24H30Cl2N2O3. The predicted molar refractivity (Wildman–Crippen MR) is 126 cm³/mol. The largest absolute Gasteiger partial charge is 0.484 e. The average molecular weight is 465 g/mol. The maximum atomic E-state index is 13.1. The van der Waals surface area contributed by atoms with E-state index < -0.39 is 11.6 Å². The molecule has 1 unspecified atom stereocenters. The molecule has 0 aliphatic rings. The summed E-state index contributed by atoms with van der Waals surface area (Å²) in [7, 11) is 0. The van der Waals surface area contributed by atoms with Crippen molar-refractivity contribution in [3.8, 4) is 5.75 Å². The second kappa shape index (κ2) is 10.4. The van der Waals surface area contributed by atoms with E-state index in [-0.39, 0.29) is 25.0 Å². The van der Waals surface area contributed by atoms with Crippen LogP contribution >= 0.6 is 23.2 Å². The van der Waals surface area contributed by atoms with Gasteiger partial charge in [0.25, 0.3) is 5.91 Å². The summed E-state index contributed by atoms with van der Waals surface area (Å²) in [5, 5.41) is 4.14. The Morgan fingerprint density at radius 3 is 2.23 bits per heavy atom. The number of benzene rings is 2. The molecule has 1 N–H and O–H groups in total. The van der Waals surface area contributed by atoms with E-state index in [1.165, 1.54) is 4.90 Å². The highest BCUT2D eigenvalue weighted by Crippen LogP contribution is 2.26. The van der Waals surface area contributed by atoms with Gasteiger partial charge in [0, 0.05) is 22.1 Å². The van der Waals surface area contributed by atoms with Crippen LogP contribution in [0.15, 0.2) is 36.4 Å². The summed E-state index contributed by atoms with van der Waals surface area (Å²) < 4.78 is 5.75. The zero-order chi connectivity index (χ0) is 23.3. The number of hydrogen-bond donors (Lipinski definition) is 1. The van der Waals surface area contributed by atoms with Crippen molar-refractivity contribution in [1.29, 1.82) is 0 Å². The third-order valence-electron chi connectivity index (χ3n) is 4.74. The normalized spacial score (nSPS) is 12.3. The molecule has 0 aromatic heterocycles. The van der Waals surface area contributed by atoms with Crippen LogP contribution in [0.2, 0.25) is 10.0 Å². The van der Waals surface area contributed by atoms with E-state index in [0.29, 0.717) is 15.8 Å². The third kappa shape index (κ3) is 7.15.